The van der Waals surface area contributed by atoms with Gasteiger partial charge in [0, 0.05) is 6.04 Å². The summed E-state index contributed by atoms with van der Waals surface area (Å²) in [6.45, 7) is 2.92. The average Bonchev–Trinajstić information content (AvgIpc) is 2.92. The Labute approximate surface area is 118 Å². The van der Waals surface area contributed by atoms with Crippen LogP contribution in [0.3, 0.4) is 0 Å². The number of hydrogen-bond donors (Lipinski definition) is 1. The summed E-state index contributed by atoms with van der Waals surface area (Å²) in [5, 5.41) is 3.44. The summed E-state index contributed by atoms with van der Waals surface area (Å²) in [6, 6.07) is 5.86. The smallest absolute Gasteiger partial charge is 0.310 e. The van der Waals surface area contributed by atoms with E-state index in [1.807, 2.05) is 6.07 Å². The Morgan fingerprint density at radius 1 is 1.25 bits per heavy atom. The first-order chi connectivity index (χ1) is 9.52. The maximum absolute atomic E-state index is 12.8. The molecule has 2 rings (SSSR count). The minimum absolute atomic E-state index is 0.0553. The minimum atomic E-state index is -4.26. The van der Waals surface area contributed by atoms with Crippen molar-refractivity contribution in [2.24, 2.45) is 5.92 Å². The van der Waals surface area contributed by atoms with Crippen LogP contribution >= 0.6 is 0 Å². The van der Waals surface area contributed by atoms with E-state index in [0.717, 1.165) is 37.4 Å². The molecule has 1 atom stereocenters. The van der Waals surface area contributed by atoms with Gasteiger partial charge in [-0.1, -0.05) is 31.9 Å². The second kappa shape index (κ2) is 6.61. The van der Waals surface area contributed by atoms with Gasteiger partial charge in [-0.05, 0) is 49.4 Å². The number of nitrogens with one attached hydrogen (secondary N) is 1. The Morgan fingerprint density at radius 2 is 1.95 bits per heavy atom. The third-order valence-electron chi connectivity index (χ3n) is 4.06. The monoisotopic (exact) mass is 285 g/mol. The largest absolute Gasteiger partial charge is 0.416 e. The Morgan fingerprint density at radius 3 is 2.55 bits per heavy atom. The van der Waals surface area contributed by atoms with Gasteiger partial charge in [-0.25, -0.2) is 0 Å². The second-order valence-electron chi connectivity index (χ2n) is 5.60. The molecule has 0 bridgehead atoms. The van der Waals surface area contributed by atoms with Crippen molar-refractivity contribution < 1.29 is 13.2 Å². The lowest BCUT2D eigenvalue weighted by atomic mass is 9.90. The van der Waals surface area contributed by atoms with E-state index in [4.69, 9.17) is 0 Å². The van der Waals surface area contributed by atoms with Crippen LogP contribution < -0.4 is 5.32 Å². The minimum Gasteiger partial charge on any atom is -0.310 e. The van der Waals surface area contributed by atoms with E-state index in [0.29, 0.717) is 5.92 Å². The second-order valence-corrected chi connectivity index (χ2v) is 5.60. The van der Waals surface area contributed by atoms with Crippen LogP contribution in [0.4, 0.5) is 13.2 Å². The van der Waals surface area contributed by atoms with Gasteiger partial charge < -0.3 is 5.32 Å². The molecule has 0 radical (unpaired) electrons. The highest BCUT2D eigenvalue weighted by Gasteiger charge is 2.32. The summed E-state index contributed by atoms with van der Waals surface area (Å²) >= 11 is 0. The molecule has 1 N–H and O–H groups in total. The fourth-order valence-electron chi connectivity index (χ4n) is 3.06. The fraction of sp³-hybridized carbons (Fsp3) is 0.625. The lowest BCUT2D eigenvalue weighted by molar-refractivity contribution is -0.137. The first-order valence-corrected chi connectivity index (χ1v) is 7.43. The Balaban J connectivity index is 2.23. The maximum Gasteiger partial charge on any atom is 0.416 e. The number of hydrogen-bond acceptors (Lipinski definition) is 1. The van der Waals surface area contributed by atoms with Crippen LogP contribution in [-0.2, 0) is 6.18 Å². The van der Waals surface area contributed by atoms with Gasteiger partial charge in [0.2, 0.25) is 0 Å². The van der Waals surface area contributed by atoms with Crippen molar-refractivity contribution in [2.45, 2.75) is 51.2 Å². The molecule has 1 saturated carbocycles. The molecular weight excluding hydrogens is 263 g/mol. The summed E-state index contributed by atoms with van der Waals surface area (Å²) in [6.07, 6.45) is 1.32. The van der Waals surface area contributed by atoms with Crippen LogP contribution in [0.25, 0.3) is 0 Å². The number of halogens is 3. The normalized spacial score (nSPS) is 18.4. The van der Waals surface area contributed by atoms with E-state index >= 15 is 0 Å². The summed E-state index contributed by atoms with van der Waals surface area (Å²) < 4.78 is 38.5. The van der Waals surface area contributed by atoms with Crippen LogP contribution in [-0.4, -0.2) is 6.54 Å². The highest BCUT2D eigenvalue weighted by molar-refractivity contribution is 5.28. The predicted molar refractivity (Wildman–Crippen MR) is 74.4 cm³/mol. The van der Waals surface area contributed by atoms with Gasteiger partial charge in [0.25, 0.3) is 0 Å². The third kappa shape index (κ3) is 3.75. The van der Waals surface area contributed by atoms with Crippen LogP contribution in [0.15, 0.2) is 24.3 Å². The molecule has 112 valence electrons. The molecule has 1 aliphatic rings. The molecule has 1 unspecified atom stereocenters. The average molecular weight is 285 g/mol. The molecule has 1 aromatic carbocycles. The highest BCUT2D eigenvalue weighted by atomic mass is 19.4. The SMILES string of the molecule is CCCNC(c1cccc(C(F)(F)F)c1)C1CCCC1. The topological polar surface area (TPSA) is 12.0 Å². The van der Waals surface area contributed by atoms with Gasteiger partial charge in [-0.3, -0.25) is 0 Å². The molecule has 20 heavy (non-hydrogen) atoms. The molecular formula is C16H22F3N. The van der Waals surface area contributed by atoms with Crippen molar-refractivity contribution in [2.75, 3.05) is 6.54 Å². The van der Waals surface area contributed by atoms with Gasteiger partial charge >= 0.3 is 6.18 Å². The van der Waals surface area contributed by atoms with Gasteiger partial charge in [0.15, 0.2) is 0 Å². The van der Waals surface area contributed by atoms with E-state index in [1.165, 1.54) is 25.0 Å². The molecule has 0 aromatic heterocycles. The van der Waals surface area contributed by atoms with Crippen LogP contribution in [0.2, 0.25) is 0 Å². The molecule has 0 heterocycles. The van der Waals surface area contributed by atoms with Gasteiger partial charge in [0.05, 0.1) is 5.56 Å². The highest BCUT2D eigenvalue weighted by Crippen LogP contribution is 2.37. The quantitative estimate of drug-likeness (QED) is 0.808. The summed E-state index contributed by atoms with van der Waals surface area (Å²) in [5.41, 5.74) is 0.233. The van der Waals surface area contributed by atoms with E-state index in [2.05, 4.69) is 12.2 Å². The fourth-order valence-corrected chi connectivity index (χ4v) is 3.06. The molecule has 1 aliphatic carbocycles. The Bertz CT molecular complexity index is 422. The third-order valence-corrected chi connectivity index (χ3v) is 4.06. The molecule has 0 saturated heterocycles. The molecule has 0 spiro atoms. The summed E-state index contributed by atoms with van der Waals surface area (Å²) in [4.78, 5) is 0. The van der Waals surface area contributed by atoms with E-state index < -0.39 is 11.7 Å². The predicted octanol–water partition coefficient (Wildman–Crippen LogP) is 4.94. The van der Waals surface area contributed by atoms with Crippen molar-refractivity contribution in [3.05, 3.63) is 35.4 Å². The summed E-state index contributed by atoms with van der Waals surface area (Å²) in [5.74, 6) is 0.463. The number of benzene rings is 1. The number of rotatable bonds is 5. The molecule has 1 aromatic rings. The molecule has 1 nitrogen and oxygen atoms in total. The molecule has 4 heteroatoms. The van der Waals surface area contributed by atoms with Crippen molar-refractivity contribution in [3.8, 4) is 0 Å². The van der Waals surface area contributed by atoms with Gasteiger partial charge in [0.1, 0.15) is 0 Å². The number of alkyl halides is 3. The lowest BCUT2D eigenvalue weighted by Crippen LogP contribution is -2.28. The van der Waals surface area contributed by atoms with Crippen LogP contribution in [0, 0.1) is 5.92 Å². The van der Waals surface area contributed by atoms with Crippen LogP contribution in [0.1, 0.15) is 56.2 Å². The van der Waals surface area contributed by atoms with E-state index in [-0.39, 0.29) is 6.04 Å². The molecule has 0 aliphatic heterocycles. The summed E-state index contributed by atoms with van der Waals surface area (Å²) in [7, 11) is 0. The molecule has 1 fully saturated rings. The van der Waals surface area contributed by atoms with Gasteiger partial charge in [-0.2, -0.15) is 13.2 Å². The van der Waals surface area contributed by atoms with Crippen molar-refractivity contribution in [1.29, 1.82) is 0 Å². The standard InChI is InChI=1S/C16H22F3N/c1-2-10-20-15(12-6-3-4-7-12)13-8-5-9-14(11-13)16(17,18)19/h5,8-9,11-12,15,20H,2-4,6-7,10H2,1H3. The Kier molecular flexibility index (Phi) is 5.08. The zero-order chi connectivity index (χ0) is 14.6. The van der Waals surface area contributed by atoms with Crippen molar-refractivity contribution >= 4 is 0 Å². The molecule has 0 amide bonds. The van der Waals surface area contributed by atoms with Crippen molar-refractivity contribution in [1.82, 2.24) is 5.32 Å². The zero-order valence-corrected chi connectivity index (χ0v) is 11.8. The van der Waals surface area contributed by atoms with E-state index in [9.17, 15) is 13.2 Å². The lowest BCUT2D eigenvalue weighted by Gasteiger charge is -2.26. The zero-order valence-electron chi connectivity index (χ0n) is 11.8. The van der Waals surface area contributed by atoms with Gasteiger partial charge in [-0.15, -0.1) is 0 Å². The first-order valence-electron chi connectivity index (χ1n) is 7.43. The van der Waals surface area contributed by atoms with E-state index in [1.54, 1.807) is 0 Å². The first kappa shape index (κ1) is 15.4. The maximum atomic E-state index is 12.8. The van der Waals surface area contributed by atoms with Crippen LogP contribution in [0.5, 0.6) is 0 Å². The van der Waals surface area contributed by atoms with Crippen molar-refractivity contribution in [3.63, 3.8) is 0 Å². The Hall–Kier alpha value is -1.03.